The highest BCUT2D eigenvalue weighted by Crippen LogP contribution is 2.19. The number of hydrogen-bond donors (Lipinski definition) is 2. The zero-order chi connectivity index (χ0) is 15.1. The number of esters is 1. The Bertz CT molecular complexity index is 372. The molecule has 114 valence electrons. The predicted molar refractivity (Wildman–Crippen MR) is 70.8 cm³/mol. The highest BCUT2D eigenvalue weighted by atomic mass is 16.5. The van der Waals surface area contributed by atoms with E-state index in [9.17, 15) is 14.4 Å². The number of carbonyl (C=O) groups excluding carboxylic acids is 2. The van der Waals surface area contributed by atoms with Gasteiger partial charge in [0.25, 0.3) is 0 Å². The van der Waals surface area contributed by atoms with Crippen LogP contribution in [-0.2, 0) is 19.1 Å². The number of carboxylic acid groups (broad SMARTS) is 1. The molecule has 0 spiro atoms. The number of nitrogens with two attached hydrogens (primary N) is 1. The summed E-state index contributed by atoms with van der Waals surface area (Å²) < 4.78 is 4.96. The van der Waals surface area contributed by atoms with Gasteiger partial charge in [-0.25, -0.2) is 0 Å². The van der Waals surface area contributed by atoms with Crippen LogP contribution in [0.15, 0.2) is 0 Å². The summed E-state index contributed by atoms with van der Waals surface area (Å²) in [5, 5.41) is 8.59. The second-order valence-corrected chi connectivity index (χ2v) is 4.91. The van der Waals surface area contributed by atoms with Gasteiger partial charge in [0.05, 0.1) is 18.6 Å². The molecule has 1 fully saturated rings. The van der Waals surface area contributed by atoms with Crippen LogP contribution >= 0.6 is 0 Å². The Morgan fingerprint density at radius 3 is 2.75 bits per heavy atom. The first-order chi connectivity index (χ1) is 9.45. The van der Waals surface area contributed by atoms with Gasteiger partial charge in [0.2, 0.25) is 5.91 Å². The number of carboxylic acids is 1. The van der Waals surface area contributed by atoms with Crippen molar-refractivity contribution in [2.45, 2.75) is 38.6 Å². The molecule has 1 rings (SSSR count). The first kappa shape index (κ1) is 16.4. The summed E-state index contributed by atoms with van der Waals surface area (Å²) in [5.74, 6) is -1.86. The van der Waals surface area contributed by atoms with Gasteiger partial charge in [-0.2, -0.15) is 0 Å². The van der Waals surface area contributed by atoms with Gasteiger partial charge in [-0.15, -0.1) is 0 Å². The normalized spacial score (nSPS) is 20.3. The third-order valence-corrected chi connectivity index (χ3v) is 3.34. The minimum absolute atomic E-state index is 0.106. The van der Waals surface area contributed by atoms with Crippen molar-refractivity contribution in [3.05, 3.63) is 0 Å². The summed E-state index contributed by atoms with van der Waals surface area (Å²) in [4.78, 5) is 35.8. The van der Waals surface area contributed by atoms with E-state index < -0.39 is 12.0 Å². The predicted octanol–water partition coefficient (Wildman–Crippen LogP) is -0.0198. The molecule has 0 radical (unpaired) electrons. The molecule has 3 N–H and O–H groups in total. The van der Waals surface area contributed by atoms with Crippen LogP contribution in [0.5, 0.6) is 0 Å². The van der Waals surface area contributed by atoms with Gasteiger partial charge in [0.1, 0.15) is 0 Å². The summed E-state index contributed by atoms with van der Waals surface area (Å²) in [6, 6.07) is -0.827. The summed E-state index contributed by atoms with van der Waals surface area (Å²) in [6.07, 6.45) is 1.39. The van der Waals surface area contributed by atoms with E-state index in [2.05, 4.69) is 0 Å². The van der Waals surface area contributed by atoms with Gasteiger partial charge in [-0.3, -0.25) is 14.4 Å². The van der Waals surface area contributed by atoms with Gasteiger partial charge >= 0.3 is 11.9 Å². The molecule has 1 amide bonds. The summed E-state index contributed by atoms with van der Waals surface area (Å²) >= 11 is 0. The average molecular weight is 286 g/mol. The lowest BCUT2D eigenvalue weighted by molar-refractivity contribution is -0.151. The highest BCUT2D eigenvalue weighted by molar-refractivity contribution is 5.83. The van der Waals surface area contributed by atoms with Crippen LogP contribution in [0.2, 0.25) is 0 Å². The topological polar surface area (TPSA) is 110 Å². The van der Waals surface area contributed by atoms with Crippen molar-refractivity contribution in [1.29, 1.82) is 0 Å². The fourth-order valence-corrected chi connectivity index (χ4v) is 2.27. The molecule has 0 aromatic heterocycles. The fraction of sp³-hybridized carbons (Fsp3) is 0.769. The number of amides is 1. The molecule has 0 aromatic rings. The molecule has 2 atom stereocenters. The number of nitrogens with zero attached hydrogens (tertiary/aromatic N) is 1. The van der Waals surface area contributed by atoms with E-state index >= 15 is 0 Å². The molecule has 7 nitrogen and oxygen atoms in total. The fourth-order valence-electron chi connectivity index (χ4n) is 2.27. The molecule has 1 aliphatic rings. The third-order valence-electron chi connectivity index (χ3n) is 3.34. The Hall–Kier alpha value is -1.63. The van der Waals surface area contributed by atoms with Crippen molar-refractivity contribution < 1.29 is 24.2 Å². The zero-order valence-corrected chi connectivity index (χ0v) is 11.7. The van der Waals surface area contributed by atoms with Crippen LogP contribution in [0.25, 0.3) is 0 Å². The molecule has 1 saturated heterocycles. The maximum atomic E-state index is 12.1. The van der Waals surface area contributed by atoms with E-state index in [0.717, 1.165) is 6.42 Å². The van der Waals surface area contributed by atoms with Crippen LogP contribution in [0, 0.1) is 5.92 Å². The van der Waals surface area contributed by atoms with E-state index in [1.54, 1.807) is 6.92 Å². The van der Waals surface area contributed by atoms with Gasteiger partial charge in [0, 0.05) is 19.5 Å². The van der Waals surface area contributed by atoms with E-state index in [1.165, 1.54) is 4.90 Å². The molecule has 2 unspecified atom stereocenters. The number of ether oxygens (including phenoxy) is 1. The molecule has 0 aliphatic carbocycles. The molecular formula is C13H22N2O5. The number of rotatable bonds is 6. The Balaban J connectivity index is 2.51. The molecule has 0 aromatic carbocycles. The van der Waals surface area contributed by atoms with E-state index in [-0.39, 0.29) is 30.6 Å². The maximum absolute atomic E-state index is 12.1. The third kappa shape index (κ3) is 4.80. The lowest BCUT2D eigenvalue weighted by Gasteiger charge is -2.33. The second-order valence-electron chi connectivity index (χ2n) is 4.91. The van der Waals surface area contributed by atoms with Crippen molar-refractivity contribution in [1.82, 2.24) is 4.90 Å². The standard InChI is InChI=1S/C13H22N2O5/c1-2-20-13(19)9-4-3-7-15(8-9)12(18)10(14)5-6-11(16)17/h9-10H,2-8,14H2,1H3,(H,16,17). The molecule has 1 heterocycles. The lowest BCUT2D eigenvalue weighted by atomic mass is 9.97. The highest BCUT2D eigenvalue weighted by Gasteiger charge is 2.31. The number of carbonyl (C=O) groups is 3. The van der Waals surface area contributed by atoms with Crippen molar-refractivity contribution in [2.24, 2.45) is 11.7 Å². The molecule has 20 heavy (non-hydrogen) atoms. The molecule has 1 aliphatic heterocycles. The largest absolute Gasteiger partial charge is 0.481 e. The van der Waals surface area contributed by atoms with Crippen LogP contribution in [0.1, 0.15) is 32.6 Å². The first-order valence-electron chi connectivity index (χ1n) is 6.88. The molecule has 0 saturated carbocycles. The number of likely N-dealkylation sites (tertiary alicyclic amines) is 1. The Morgan fingerprint density at radius 1 is 1.45 bits per heavy atom. The quantitative estimate of drug-likeness (QED) is 0.664. The van der Waals surface area contributed by atoms with Crippen molar-refractivity contribution in [3.63, 3.8) is 0 Å². The van der Waals surface area contributed by atoms with Crippen molar-refractivity contribution in [3.8, 4) is 0 Å². The SMILES string of the molecule is CCOC(=O)C1CCCN(C(=O)C(N)CCC(=O)O)C1. The van der Waals surface area contributed by atoms with Crippen LogP contribution in [0.3, 0.4) is 0 Å². The van der Waals surface area contributed by atoms with Gasteiger partial charge in [-0.05, 0) is 26.2 Å². The van der Waals surface area contributed by atoms with Gasteiger partial charge in [-0.1, -0.05) is 0 Å². The minimum atomic E-state index is -0.976. The summed E-state index contributed by atoms with van der Waals surface area (Å²) in [5.41, 5.74) is 5.71. The minimum Gasteiger partial charge on any atom is -0.481 e. The van der Waals surface area contributed by atoms with Gasteiger partial charge in [0.15, 0.2) is 0 Å². The zero-order valence-electron chi connectivity index (χ0n) is 11.7. The Kier molecular flexibility index (Phi) is 6.44. The van der Waals surface area contributed by atoms with E-state index in [1.807, 2.05) is 0 Å². The number of hydrogen-bond acceptors (Lipinski definition) is 5. The molecular weight excluding hydrogens is 264 g/mol. The van der Waals surface area contributed by atoms with Crippen molar-refractivity contribution >= 4 is 17.8 Å². The van der Waals surface area contributed by atoms with E-state index in [4.69, 9.17) is 15.6 Å². The van der Waals surface area contributed by atoms with Crippen LogP contribution in [0.4, 0.5) is 0 Å². The maximum Gasteiger partial charge on any atom is 0.310 e. The van der Waals surface area contributed by atoms with Crippen molar-refractivity contribution in [2.75, 3.05) is 19.7 Å². The monoisotopic (exact) mass is 286 g/mol. The Morgan fingerprint density at radius 2 is 2.15 bits per heavy atom. The van der Waals surface area contributed by atoms with Crippen LogP contribution < -0.4 is 5.73 Å². The molecule has 0 bridgehead atoms. The summed E-state index contributed by atoms with van der Waals surface area (Å²) in [6.45, 7) is 2.92. The van der Waals surface area contributed by atoms with Crippen LogP contribution in [-0.4, -0.2) is 53.6 Å². The molecule has 7 heteroatoms. The first-order valence-corrected chi connectivity index (χ1v) is 6.88. The summed E-state index contributed by atoms with van der Waals surface area (Å²) in [7, 11) is 0. The number of aliphatic carboxylic acids is 1. The lowest BCUT2D eigenvalue weighted by Crippen LogP contribution is -2.49. The van der Waals surface area contributed by atoms with Gasteiger partial charge < -0.3 is 20.5 Å². The number of piperidine rings is 1. The average Bonchev–Trinajstić information content (AvgIpc) is 2.44. The van der Waals surface area contributed by atoms with E-state index in [0.29, 0.717) is 26.1 Å². The smallest absolute Gasteiger partial charge is 0.310 e. The Labute approximate surface area is 118 Å². The second kappa shape index (κ2) is 7.84.